The highest BCUT2D eigenvalue weighted by Gasteiger charge is 2.52. The van der Waals surface area contributed by atoms with Gasteiger partial charge >= 0.3 is 12.2 Å². The number of ether oxygens (including phenoxy) is 2. The SMILES string of the molecule is CC1CCN(C(=O)[C@@H](OC(N)=O)C2CCCC2)[C@]1(C)c1nc2ccc([C@H]3CC[C@H](c4ccc5nc([C@@H]6CCCN6C(=O)[C@@H](OC(N)=O)C6CCCC6)[nH]c5c4)N3c3cc(F)c(N4CCC(c5ccccc5)CC4)c(F)c3)cc2[nH]1. The summed E-state index contributed by atoms with van der Waals surface area (Å²) in [6.45, 7) is 6.17. The highest BCUT2D eigenvalue weighted by Crippen LogP contribution is 2.50. The fourth-order valence-corrected chi connectivity index (χ4v) is 14.8. The summed E-state index contributed by atoms with van der Waals surface area (Å²) < 4.78 is 45.0. The number of anilines is 2. The first-order valence-corrected chi connectivity index (χ1v) is 28.8. The third kappa shape index (κ3) is 9.80. The maximum Gasteiger partial charge on any atom is 0.405 e. The number of aromatic amines is 2. The Kier molecular flexibility index (Phi) is 14.2. The first kappa shape index (κ1) is 52.5. The van der Waals surface area contributed by atoms with Crippen LogP contribution in [0, 0.1) is 29.4 Å². The highest BCUT2D eigenvalue weighted by molar-refractivity contribution is 5.86. The molecular weight excluding hydrogens is 1010 g/mol. The summed E-state index contributed by atoms with van der Waals surface area (Å²) in [7, 11) is 0. The first-order valence-electron chi connectivity index (χ1n) is 28.8. The molecule has 18 heteroatoms. The molecule has 4 aliphatic heterocycles. The van der Waals surface area contributed by atoms with Gasteiger partial charge in [-0.25, -0.2) is 28.3 Å². The third-order valence-electron chi connectivity index (χ3n) is 19.1. The molecule has 7 atom stereocenters. The van der Waals surface area contributed by atoms with Gasteiger partial charge in [-0.05, 0) is 142 Å². The molecule has 6 N–H and O–H groups in total. The van der Waals surface area contributed by atoms with Crippen LogP contribution in [0.5, 0.6) is 0 Å². The number of benzene rings is 4. The lowest BCUT2D eigenvalue weighted by Crippen LogP contribution is -2.52. The van der Waals surface area contributed by atoms with E-state index in [2.05, 4.69) is 46.1 Å². The molecule has 6 heterocycles. The van der Waals surface area contributed by atoms with Crippen molar-refractivity contribution >= 4 is 57.4 Å². The average molecular weight is 1080 g/mol. The molecule has 79 heavy (non-hydrogen) atoms. The van der Waals surface area contributed by atoms with Gasteiger partial charge in [-0.1, -0.05) is 75.1 Å². The van der Waals surface area contributed by atoms with E-state index in [-0.39, 0.29) is 53.4 Å². The van der Waals surface area contributed by atoms with Crippen LogP contribution >= 0.6 is 0 Å². The number of rotatable bonds is 13. The van der Waals surface area contributed by atoms with Gasteiger partial charge in [-0.15, -0.1) is 0 Å². The van der Waals surface area contributed by atoms with Crippen LogP contribution in [0.4, 0.5) is 29.7 Å². The molecule has 0 spiro atoms. The number of halogens is 2. The number of H-pyrrole nitrogens is 2. The topological polar surface area (TPSA) is 209 Å². The second-order valence-electron chi connectivity index (χ2n) is 23.5. The lowest BCUT2D eigenvalue weighted by molar-refractivity contribution is -0.148. The number of amides is 4. The summed E-state index contributed by atoms with van der Waals surface area (Å²) in [5, 5.41) is 0. The number of nitrogens with zero attached hydrogens (tertiary/aromatic N) is 6. The van der Waals surface area contributed by atoms with Gasteiger partial charge in [0, 0.05) is 43.7 Å². The predicted molar refractivity (Wildman–Crippen MR) is 296 cm³/mol. The van der Waals surface area contributed by atoms with Crippen molar-refractivity contribution < 1.29 is 37.4 Å². The van der Waals surface area contributed by atoms with Crippen molar-refractivity contribution in [2.24, 2.45) is 29.2 Å². The Morgan fingerprint density at radius 1 is 0.620 bits per heavy atom. The van der Waals surface area contributed by atoms with Crippen LogP contribution in [0.15, 0.2) is 78.9 Å². The zero-order valence-corrected chi connectivity index (χ0v) is 45.2. The van der Waals surface area contributed by atoms with E-state index < -0.39 is 41.6 Å². The fraction of sp³-hybridized carbons (Fsp3) is 0.508. The van der Waals surface area contributed by atoms with E-state index in [9.17, 15) is 19.2 Å². The van der Waals surface area contributed by atoms with Gasteiger partial charge in [0.25, 0.3) is 11.8 Å². The van der Waals surface area contributed by atoms with Gasteiger partial charge < -0.3 is 50.5 Å². The van der Waals surface area contributed by atoms with E-state index in [1.807, 2.05) is 59.2 Å². The molecule has 2 saturated carbocycles. The standard InChI is InChI=1S/C61H72F2N10O6/c1-35-24-30-72(57(75)54(79-60(65)77)39-15-8-9-16-39)61(35,2)58-68-46-21-19-41(32-48(46)69-58)50-23-22-49(73(50)42-33-43(62)52(44(63)34-42)70-28-25-37(26-29-70)36-11-4-3-5-12-36)40-18-20-45-47(31-40)67-55(66-45)51-17-10-27-71(51)56(74)53(78-59(64)76)38-13-6-7-14-38/h3-5,11-12,18-21,31-35,37-39,49-51,53-54H,6-10,13-17,22-30H2,1-2H3,(H2,64,76)(H2,65,77)(H,66,67)(H,68,69)/t35?,49-,50-,51+,53+,54+,61+/m1/s1. The monoisotopic (exact) mass is 1080 g/mol. The Hall–Kier alpha value is -7.24. The molecule has 0 radical (unpaired) electrons. The number of likely N-dealkylation sites (tertiary alicyclic amines) is 2. The molecule has 2 aliphatic carbocycles. The van der Waals surface area contributed by atoms with Gasteiger partial charge in [-0.3, -0.25) is 9.59 Å². The zero-order valence-electron chi connectivity index (χ0n) is 45.2. The molecule has 6 aliphatic rings. The lowest BCUT2D eigenvalue weighted by atomic mass is 9.86. The van der Waals surface area contributed by atoms with Gasteiger partial charge in [0.15, 0.2) is 23.8 Å². The number of primary amides is 2. The van der Waals surface area contributed by atoms with E-state index in [4.69, 9.17) is 30.9 Å². The fourth-order valence-electron chi connectivity index (χ4n) is 14.8. The van der Waals surface area contributed by atoms with Crippen molar-refractivity contribution in [1.29, 1.82) is 0 Å². The molecule has 4 aromatic carbocycles. The number of aromatic nitrogens is 4. The minimum Gasteiger partial charge on any atom is -0.436 e. The van der Waals surface area contributed by atoms with Crippen molar-refractivity contribution in [2.75, 3.05) is 36.0 Å². The van der Waals surface area contributed by atoms with Crippen molar-refractivity contribution in [2.45, 2.75) is 152 Å². The second-order valence-corrected chi connectivity index (χ2v) is 23.5. The molecule has 12 rings (SSSR count). The Balaban J connectivity index is 0.867. The minimum absolute atomic E-state index is 0.00604. The van der Waals surface area contributed by atoms with Gasteiger partial charge in [-0.2, -0.15) is 0 Å². The van der Waals surface area contributed by atoms with Crippen LogP contribution < -0.4 is 21.3 Å². The summed E-state index contributed by atoms with van der Waals surface area (Å²) in [5.74, 6) is -0.291. The van der Waals surface area contributed by atoms with Crippen molar-refractivity contribution in [3.8, 4) is 0 Å². The van der Waals surface area contributed by atoms with Crippen LogP contribution in [0.1, 0.15) is 163 Å². The van der Waals surface area contributed by atoms with Crippen LogP contribution in [-0.4, -0.2) is 92.1 Å². The Bertz CT molecular complexity index is 3240. The quantitative estimate of drug-likeness (QED) is 0.0860. The number of nitrogens with two attached hydrogens (primary N) is 2. The first-order chi connectivity index (χ1) is 38.2. The molecule has 416 valence electrons. The Morgan fingerprint density at radius 2 is 1.19 bits per heavy atom. The van der Waals surface area contributed by atoms with Crippen LogP contribution in [0.25, 0.3) is 22.1 Å². The third-order valence-corrected chi connectivity index (χ3v) is 19.1. The maximum atomic E-state index is 16.9. The predicted octanol–water partition coefficient (Wildman–Crippen LogP) is 11.2. The van der Waals surface area contributed by atoms with Crippen molar-refractivity contribution in [3.05, 3.63) is 119 Å². The van der Waals surface area contributed by atoms with Crippen molar-refractivity contribution in [3.63, 3.8) is 0 Å². The summed E-state index contributed by atoms with van der Waals surface area (Å²) in [4.78, 5) is 77.8. The largest absolute Gasteiger partial charge is 0.436 e. The van der Waals surface area contributed by atoms with Crippen LogP contribution in [-0.2, 0) is 24.6 Å². The number of hydrogen-bond acceptors (Lipinski definition) is 10. The molecule has 6 aromatic rings. The second kappa shape index (κ2) is 21.4. The van der Waals surface area contributed by atoms with E-state index in [0.29, 0.717) is 74.2 Å². The normalized spacial score (nSPS) is 25.0. The summed E-state index contributed by atoms with van der Waals surface area (Å²) in [5.41, 5.74) is 16.7. The Labute approximate surface area is 458 Å². The maximum absolute atomic E-state index is 16.9. The molecule has 4 amide bonds. The summed E-state index contributed by atoms with van der Waals surface area (Å²) in [6, 6.07) is 24.5. The van der Waals surface area contributed by atoms with E-state index in [1.165, 1.54) is 17.7 Å². The summed E-state index contributed by atoms with van der Waals surface area (Å²) >= 11 is 0. The molecule has 0 bridgehead atoms. The smallest absolute Gasteiger partial charge is 0.405 e. The zero-order chi connectivity index (χ0) is 54.7. The minimum atomic E-state index is -0.966. The number of imidazole rings is 2. The number of carbonyl (C=O) groups is 4. The molecule has 16 nitrogen and oxygen atoms in total. The van der Waals surface area contributed by atoms with Gasteiger partial charge in [0.2, 0.25) is 0 Å². The van der Waals surface area contributed by atoms with Gasteiger partial charge in [0.1, 0.15) is 22.9 Å². The number of piperidine rings is 1. The summed E-state index contributed by atoms with van der Waals surface area (Å²) in [6.07, 6.45) is 8.29. The average Bonchev–Trinajstić information content (AvgIpc) is 4.45. The molecule has 1 unspecified atom stereocenters. The van der Waals surface area contributed by atoms with E-state index in [0.717, 1.165) is 105 Å². The molecule has 4 saturated heterocycles. The van der Waals surface area contributed by atoms with Crippen LogP contribution in [0.2, 0.25) is 0 Å². The van der Waals surface area contributed by atoms with Crippen molar-refractivity contribution in [1.82, 2.24) is 29.7 Å². The number of nitrogens with one attached hydrogen (secondary N) is 2. The lowest BCUT2D eigenvalue weighted by Gasteiger charge is -2.39. The van der Waals surface area contributed by atoms with Crippen LogP contribution in [0.3, 0.4) is 0 Å². The number of fused-ring (bicyclic) bond motifs is 2. The molecule has 6 fully saturated rings. The number of hydrogen-bond donors (Lipinski definition) is 4. The highest BCUT2D eigenvalue weighted by atomic mass is 19.1. The van der Waals surface area contributed by atoms with E-state index >= 15 is 8.78 Å². The van der Waals surface area contributed by atoms with Gasteiger partial charge in [0.05, 0.1) is 40.2 Å². The molecular formula is C61H72F2N10O6. The van der Waals surface area contributed by atoms with E-state index in [1.54, 1.807) is 4.90 Å². The number of carbonyl (C=O) groups excluding carboxylic acids is 4. The molecule has 2 aromatic heterocycles. The Morgan fingerprint density at radius 3 is 1.78 bits per heavy atom.